The van der Waals surface area contributed by atoms with Crippen LogP contribution in [0.15, 0.2) is 23.0 Å². The van der Waals surface area contributed by atoms with Gasteiger partial charge in [-0.05, 0) is 31.0 Å². The van der Waals surface area contributed by atoms with Crippen molar-refractivity contribution in [2.24, 2.45) is 0 Å². The minimum Gasteiger partial charge on any atom is -0.493 e. The summed E-state index contributed by atoms with van der Waals surface area (Å²) in [7, 11) is 1.65. The number of methoxy groups -OCH3 is 1. The van der Waals surface area contributed by atoms with E-state index in [-0.39, 0.29) is 5.56 Å². The zero-order valence-corrected chi connectivity index (χ0v) is 17.8. The average Bonchev–Trinajstić information content (AvgIpc) is 2.98. The molecule has 0 bridgehead atoms. The Kier molecular flexibility index (Phi) is 6.54. The maximum atomic E-state index is 12.7. The molecule has 3 heterocycles. The first kappa shape index (κ1) is 20.7. The lowest BCUT2D eigenvalue weighted by molar-refractivity contribution is 0.122. The molecule has 0 aliphatic carbocycles. The molecule has 2 aromatic rings. The highest BCUT2D eigenvalue weighted by Crippen LogP contribution is 2.29. The molecule has 4 rings (SSSR count). The predicted molar refractivity (Wildman–Crippen MR) is 115 cm³/mol. The first-order chi connectivity index (χ1) is 14.7. The van der Waals surface area contributed by atoms with Gasteiger partial charge in [-0.1, -0.05) is 6.07 Å². The Labute approximate surface area is 176 Å². The van der Waals surface area contributed by atoms with Crippen LogP contribution in [0.3, 0.4) is 0 Å². The SMILES string of the molecule is CCOc1cc(CN2CCc3nc(N4CCOCC4)[nH]c(=O)c3CC2)ccc1OC. The normalized spacial score (nSPS) is 17.3. The van der Waals surface area contributed by atoms with Gasteiger partial charge in [0.25, 0.3) is 5.56 Å². The molecule has 8 nitrogen and oxygen atoms in total. The lowest BCUT2D eigenvalue weighted by atomic mass is 10.1. The largest absolute Gasteiger partial charge is 0.493 e. The Morgan fingerprint density at radius 1 is 1.13 bits per heavy atom. The number of nitrogens with one attached hydrogen (secondary N) is 1. The molecule has 0 amide bonds. The molecule has 2 aliphatic rings. The molecular formula is C22H30N4O4. The molecular weight excluding hydrogens is 384 g/mol. The molecule has 1 N–H and O–H groups in total. The summed E-state index contributed by atoms with van der Waals surface area (Å²) in [5.74, 6) is 2.19. The van der Waals surface area contributed by atoms with E-state index in [4.69, 9.17) is 19.2 Å². The van der Waals surface area contributed by atoms with Crippen LogP contribution in [-0.4, -0.2) is 68.0 Å². The average molecular weight is 415 g/mol. The summed E-state index contributed by atoms with van der Waals surface area (Å²) in [6, 6.07) is 6.07. The third-order valence-corrected chi connectivity index (χ3v) is 5.68. The molecule has 1 saturated heterocycles. The summed E-state index contributed by atoms with van der Waals surface area (Å²) in [4.78, 5) is 25.0. The van der Waals surface area contributed by atoms with Gasteiger partial charge < -0.3 is 19.1 Å². The van der Waals surface area contributed by atoms with E-state index in [1.165, 1.54) is 5.56 Å². The van der Waals surface area contributed by atoms with Crippen LogP contribution in [0, 0.1) is 0 Å². The van der Waals surface area contributed by atoms with Crippen LogP contribution >= 0.6 is 0 Å². The minimum atomic E-state index is -0.00794. The number of aromatic amines is 1. The number of aromatic nitrogens is 2. The van der Waals surface area contributed by atoms with Crippen molar-refractivity contribution >= 4 is 5.95 Å². The van der Waals surface area contributed by atoms with E-state index in [1.54, 1.807) is 7.11 Å². The van der Waals surface area contributed by atoms with Crippen LogP contribution in [-0.2, 0) is 24.1 Å². The Balaban J connectivity index is 1.47. The summed E-state index contributed by atoms with van der Waals surface area (Å²) in [6.07, 6.45) is 1.47. The van der Waals surface area contributed by atoms with Gasteiger partial charge in [-0.3, -0.25) is 14.7 Å². The molecule has 0 spiro atoms. The molecule has 0 atom stereocenters. The number of anilines is 1. The van der Waals surface area contributed by atoms with Crippen LogP contribution in [0.25, 0.3) is 0 Å². The smallest absolute Gasteiger partial charge is 0.255 e. The zero-order chi connectivity index (χ0) is 20.9. The summed E-state index contributed by atoms with van der Waals surface area (Å²) >= 11 is 0. The monoisotopic (exact) mass is 414 g/mol. The van der Waals surface area contributed by atoms with Crippen LogP contribution in [0.5, 0.6) is 11.5 Å². The fraction of sp³-hybridized carbons (Fsp3) is 0.545. The topological polar surface area (TPSA) is 79.9 Å². The van der Waals surface area contributed by atoms with Gasteiger partial charge in [-0.15, -0.1) is 0 Å². The minimum absolute atomic E-state index is 0.00794. The van der Waals surface area contributed by atoms with Crippen molar-refractivity contribution in [1.29, 1.82) is 0 Å². The molecule has 1 fully saturated rings. The molecule has 0 radical (unpaired) electrons. The van der Waals surface area contributed by atoms with Crippen molar-refractivity contribution in [3.8, 4) is 11.5 Å². The van der Waals surface area contributed by atoms with Crippen molar-refractivity contribution in [1.82, 2.24) is 14.9 Å². The Bertz CT molecular complexity index is 924. The number of ether oxygens (including phenoxy) is 3. The summed E-state index contributed by atoms with van der Waals surface area (Å²) in [6.45, 7) is 7.90. The highest BCUT2D eigenvalue weighted by molar-refractivity contribution is 5.43. The van der Waals surface area contributed by atoms with Crippen molar-refractivity contribution in [2.75, 3.05) is 58.0 Å². The predicted octanol–water partition coefficient (Wildman–Crippen LogP) is 1.61. The lowest BCUT2D eigenvalue weighted by Gasteiger charge is -2.27. The number of benzene rings is 1. The number of H-pyrrole nitrogens is 1. The van der Waals surface area contributed by atoms with Crippen LogP contribution in [0.2, 0.25) is 0 Å². The second-order valence-corrected chi connectivity index (χ2v) is 7.61. The van der Waals surface area contributed by atoms with Gasteiger partial charge in [0.2, 0.25) is 5.95 Å². The van der Waals surface area contributed by atoms with E-state index >= 15 is 0 Å². The fourth-order valence-corrected chi connectivity index (χ4v) is 4.07. The van der Waals surface area contributed by atoms with E-state index in [2.05, 4.69) is 20.9 Å². The van der Waals surface area contributed by atoms with E-state index in [0.29, 0.717) is 32.2 Å². The molecule has 162 valence electrons. The Morgan fingerprint density at radius 3 is 2.70 bits per heavy atom. The number of rotatable bonds is 6. The third-order valence-electron chi connectivity index (χ3n) is 5.68. The first-order valence-electron chi connectivity index (χ1n) is 10.6. The van der Waals surface area contributed by atoms with Gasteiger partial charge in [0.1, 0.15) is 0 Å². The molecule has 30 heavy (non-hydrogen) atoms. The van der Waals surface area contributed by atoms with Gasteiger partial charge in [-0.2, -0.15) is 0 Å². The number of hydrogen-bond donors (Lipinski definition) is 1. The van der Waals surface area contributed by atoms with Crippen molar-refractivity contribution in [3.63, 3.8) is 0 Å². The second-order valence-electron chi connectivity index (χ2n) is 7.61. The van der Waals surface area contributed by atoms with Crippen LogP contribution < -0.4 is 19.9 Å². The van der Waals surface area contributed by atoms with Crippen molar-refractivity contribution in [2.45, 2.75) is 26.3 Å². The molecule has 1 aromatic carbocycles. The number of hydrogen-bond acceptors (Lipinski definition) is 7. The molecule has 8 heteroatoms. The molecule has 0 unspecified atom stereocenters. The van der Waals surface area contributed by atoms with Gasteiger partial charge in [0.15, 0.2) is 11.5 Å². The number of nitrogens with zero attached hydrogens (tertiary/aromatic N) is 3. The van der Waals surface area contributed by atoms with E-state index < -0.39 is 0 Å². The van der Waals surface area contributed by atoms with E-state index in [1.807, 2.05) is 19.1 Å². The van der Waals surface area contributed by atoms with Gasteiger partial charge in [0.05, 0.1) is 32.6 Å². The van der Waals surface area contributed by atoms with Crippen molar-refractivity contribution in [3.05, 3.63) is 45.4 Å². The molecule has 0 saturated carbocycles. The fourth-order valence-electron chi connectivity index (χ4n) is 4.07. The Morgan fingerprint density at radius 2 is 1.93 bits per heavy atom. The quantitative estimate of drug-likeness (QED) is 0.769. The van der Waals surface area contributed by atoms with Gasteiger partial charge in [-0.25, -0.2) is 4.98 Å². The van der Waals surface area contributed by atoms with Crippen LogP contribution in [0.1, 0.15) is 23.7 Å². The van der Waals surface area contributed by atoms with Gasteiger partial charge in [0, 0.05) is 44.7 Å². The summed E-state index contributed by atoms with van der Waals surface area (Å²) in [5, 5.41) is 0. The number of fused-ring (bicyclic) bond motifs is 1. The third kappa shape index (κ3) is 4.60. The first-order valence-corrected chi connectivity index (χ1v) is 10.6. The molecule has 2 aliphatic heterocycles. The standard InChI is InChI=1S/C22H30N4O4/c1-3-30-20-14-16(4-5-19(20)28-2)15-25-8-6-17-18(7-9-25)23-22(24-21(17)27)26-10-12-29-13-11-26/h4-5,14H,3,6-13,15H2,1-2H3,(H,23,24,27). The highest BCUT2D eigenvalue weighted by Gasteiger charge is 2.21. The maximum absolute atomic E-state index is 12.7. The van der Waals surface area contributed by atoms with Gasteiger partial charge >= 0.3 is 0 Å². The lowest BCUT2D eigenvalue weighted by Crippen LogP contribution is -2.38. The number of morpholine rings is 1. The maximum Gasteiger partial charge on any atom is 0.255 e. The Hall–Kier alpha value is -2.58. The van der Waals surface area contributed by atoms with Crippen molar-refractivity contribution < 1.29 is 14.2 Å². The van der Waals surface area contributed by atoms with Crippen LogP contribution in [0.4, 0.5) is 5.95 Å². The highest BCUT2D eigenvalue weighted by atomic mass is 16.5. The summed E-state index contributed by atoms with van der Waals surface area (Å²) < 4.78 is 16.5. The van der Waals surface area contributed by atoms with E-state index in [0.717, 1.165) is 61.9 Å². The molecule has 1 aromatic heterocycles. The summed E-state index contributed by atoms with van der Waals surface area (Å²) in [5.41, 5.74) is 2.90. The zero-order valence-electron chi connectivity index (χ0n) is 17.8. The van der Waals surface area contributed by atoms with E-state index in [9.17, 15) is 4.79 Å². The second kappa shape index (κ2) is 9.49.